The molecule has 1 N–H and O–H groups in total. The first-order valence-electron chi connectivity index (χ1n) is 11.7. The largest absolute Gasteiger partial charge is 0.454 e. The van der Waals surface area contributed by atoms with Crippen molar-refractivity contribution in [3.05, 3.63) is 52.0 Å². The van der Waals surface area contributed by atoms with Crippen molar-refractivity contribution >= 4 is 40.7 Å². The second-order valence-electron chi connectivity index (χ2n) is 9.00. The fraction of sp³-hybridized carbons (Fsp3) is 0.440. The summed E-state index contributed by atoms with van der Waals surface area (Å²) in [5.74, 6) is 1.57. The first kappa shape index (κ1) is 23.3. The monoisotopic (exact) mass is 503 g/mol. The maximum atomic E-state index is 13.5. The van der Waals surface area contributed by atoms with Gasteiger partial charge in [-0.2, -0.15) is 0 Å². The number of carbonyl (C=O) groups excluding carboxylic acids is 2. The van der Waals surface area contributed by atoms with Gasteiger partial charge in [0.1, 0.15) is 0 Å². The Balaban J connectivity index is 1.26. The first-order valence-corrected chi connectivity index (χ1v) is 12.4. The summed E-state index contributed by atoms with van der Waals surface area (Å²) in [5.41, 5.74) is 1.22. The molecule has 3 aliphatic rings. The van der Waals surface area contributed by atoms with Gasteiger partial charge in [-0.15, -0.1) is 0 Å². The molecule has 0 unspecified atom stereocenters. The Kier molecular flexibility index (Phi) is 6.86. The molecule has 34 heavy (non-hydrogen) atoms. The summed E-state index contributed by atoms with van der Waals surface area (Å²) in [4.78, 5) is 30.5. The Morgan fingerprint density at radius 1 is 0.912 bits per heavy atom. The molecular weight excluding hydrogens is 477 g/mol. The summed E-state index contributed by atoms with van der Waals surface area (Å²) >= 11 is 12.1. The van der Waals surface area contributed by atoms with Gasteiger partial charge in [0.15, 0.2) is 11.5 Å². The number of hydrogen-bond donors (Lipinski definition) is 1. The van der Waals surface area contributed by atoms with Crippen LogP contribution in [-0.4, -0.2) is 60.6 Å². The van der Waals surface area contributed by atoms with Gasteiger partial charge in [-0.25, -0.2) is 0 Å². The van der Waals surface area contributed by atoms with Crippen LogP contribution >= 0.6 is 23.2 Å². The van der Waals surface area contributed by atoms with E-state index >= 15 is 0 Å². The SMILES string of the molecule is O=C(Nc1ccc2c(c1)OCO2)[C@H](C1CCCC1)N1CCN(C(=O)c2ccc(Cl)c(Cl)c2)CC1. The Bertz CT molecular complexity index is 1080. The van der Waals surface area contributed by atoms with E-state index in [9.17, 15) is 9.59 Å². The number of benzene rings is 2. The zero-order chi connectivity index (χ0) is 23.7. The molecule has 2 aromatic rings. The smallest absolute Gasteiger partial charge is 0.253 e. The molecule has 2 amide bonds. The minimum absolute atomic E-state index is 0.00461. The molecule has 7 nitrogen and oxygen atoms in total. The molecule has 5 rings (SSSR count). The highest BCUT2D eigenvalue weighted by atomic mass is 35.5. The maximum Gasteiger partial charge on any atom is 0.253 e. The average molecular weight is 504 g/mol. The van der Waals surface area contributed by atoms with Gasteiger partial charge in [0.05, 0.1) is 16.1 Å². The van der Waals surface area contributed by atoms with Crippen molar-refractivity contribution in [3.63, 3.8) is 0 Å². The molecule has 2 aliphatic heterocycles. The number of fused-ring (bicyclic) bond motifs is 1. The summed E-state index contributed by atoms with van der Waals surface area (Å²) in [7, 11) is 0. The van der Waals surface area contributed by atoms with E-state index in [-0.39, 0.29) is 24.6 Å². The molecule has 0 bridgehead atoms. The lowest BCUT2D eigenvalue weighted by Gasteiger charge is -2.40. The lowest BCUT2D eigenvalue weighted by molar-refractivity contribution is -0.123. The summed E-state index contributed by atoms with van der Waals surface area (Å²) < 4.78 is 10.8. The van der Waals surface area contributed by atoms with Crippen LogP contribution in [0, 0.1) is 5.92 Å². The molecule has 0 aromatic heterocycles. The molecule has 1 atom stereocenters. The number of rotatable bonds is 5. The van der Waals surface area contributed by atoms with Crippen LogP contribution in [0.15, 0.2) is 36.4 Å². The van der Waals surface area contributed by atoms with Gasteiger partial charge in [-0.1, -0.05) is 36.0 Å². The molecule has 2 aromatic carbocycles. The number of hydrogen-bond acceptors (Lipinski definition) is 5. The lowest BCUT2D eigenvalue weighted by atomic mass is 9.94. The van der Waals surface area contributed by atoms with Gasteiger partial charge in [-0.05, 0) is 49.1 Å². The highest BCUT2D eigenvalue weighted by Gasteiger charge is 2.37. The molecule has 0 spiro atoms. The quantitative estimate of drug-likeness (QED) is 0.641. The van der Waals surface area contributed by atoms with Crippen LogP contribution in [0.25, 0.3) is 0 Å². The van der Waals surface area contributed by atoms with Crippen LogP contribution in [0.4, 0.5) is 5.69 Å². The second-order valence-corrected chi connectivity index (χ2v) is 9.82. The molecule has 9 heteroatoms. The van der Waals surface area contributed by atoms with Crippen molar-refractivity contribution < 1.29 is 19.1 Å². The standard InChI is InChI=1S/C25H27Cl2N3O4/c26-19-7-5-17(13-20(19)27)25(32)30-11-9-29(10-12-30)23(16-3-1-2-4-16)24(31)28-18-6-8-21-22(14-18)34-15-33-21/h5-8,13-14,16,23H,1-4,9-12,15H2,(H,28,31)/t23-/m0/s1. The van der Waals surface area contributed by atoms with Gasteiger partial charge in [-0.3, -0.25) is 14.5 Å². The van der Waals surface area contributed by atoms with Gasteiger partial charge < -0.3 is 19.7 Å². The number of ether oxygens (including phenoxy) is 2. The predicted octanol–water partition coefficient (Wildman–Crippen LogP) is 4.68. The number of nitrogens with zero attached hydrogens (tertiary/aromatic N) is 2. The van der Waals surface area contributed by atoms with Crippen LogP contribution in [-0.2, 0) is 4.79 Å². The van der Waals surface area contributed by atoms with Gasteiger partial charge in [0, 0.05) is 43.5 Å². The molecular formula is C25H27Cl2N3O4. The van der Waals surface area contributed by atoms with Crippen LogP contribution in [0.3, 0.4) is 0 Å². The van der Waals surface area contributed by atoms with Crippen LogP contribution in [0.2, 0.25) is 10.0 Å². The maximum absolute atomic E-state index is 13.5. The lowest BCUT2D eigenvalue weighted by Crippen LogP contribution is -2.56. The number of halogens is 2. The van der Waals surface area contributed by atoms with E-state index in [0.717, 1.165) is 25.7 Å². The highest BCUT2D eigenvalue weighted by molar-refractivity contribution is 6.42. The Labute approximate surface area is 208 Å². The average Bonchev–Trinajstić information content (AvgIpc) is 3.53. The minimum atomic E-state index is -0.227. The number of piperazine rings is 1. The predicted molar refractivity (Wildman–Crippen MR) is 131 cm³/mol. The van der Waals surface area contributed by atoms with Gasteiger partial charge in [0.25, 0.3) is 5.91 Å². The van der Waals surface area contributed by atoms with Crippen molar-refractivity contribution in [2.75, 3.05) is 38.3 Å². The normalized spacial score (nSPS) is 19.3. The van der Waals surface area contributed by atoms with Crippen molar-refractivity contribution in [2.24, 2.45) is 5.92 Å². The molecule has 2 heterocycles. The fourth-order valence-corrected chi connectivity index (χ4v) is 5.45. The van der Waals surface area contributed by atoms with Gasteiger partial charge in [0.2, 0.25) is 12.7 Å². The zero-order valence-corrected chi connectivity index (χ0v) is 20.3. The Morgan fingerprint density at radius 2 is 1.65 bits per heavy atom. The van der Waals surface area contributed by atoms with E-state index in [1.807, 2.05) is 17.0 Å². The number of nitrogens with one attached hydrogen (secondary N) is 1. The molecule has 180 valence electrons. The van der Waals surface area contributed by atoms with E-state index in [1.54, 1.807) is 24.3 Å². The third-order valence-electron chi connectivity index (χ3n) is 6.92. The molecule has 1 saturated heterocycles. The molecule has 2 fully saturated rings. The second kappa shape index (κ2) is 10.0. The minimum Gasteiger partial charge on any atom is -0.454 e. The van der Waals surface area contributed by atoms with E-state index in [1.165, 1.54) is 0 Å². The van der Waals surface area contributed by atoms with E-state index in [0.29, 0.717) is 64.9 Å². The number of carbonyl (C=O) groups is 2. The Morgan fingerprint density at radius 3 is 2.38 bits per heavy atom. The summed E-state index contributed by atoms with van der Waals surface area (Å²) in [6.45, 7) is 2.59. The Hall–Kier alpha value is -2.48. The van der Waals surface area contributed by atoms with Crippen molar-refractivity contribution in [1.29, 1.82) is 0 Å². The molecule has 1 aliphatic carbocycles. The summed E-state index contributed by atoms with van der Waals surface area (Å²) in [5, 5.41) is 3.89. The summed E-state index contributed by atoms with van der Waals surface area (Å²) in [6, 6.07) is 10.2. The molecule has 1 saturated carbocycles. The van der Waals surface area contributed by atoms with E-state index in [2.05, 4.69) is 10.2 Å². The van der Waals surface area contributed by atoms with E-state index < -0.39 is 0 Å². The fourth-order valence-electron chi connectivity index (χ4n) is 5.16. The highest BCUT2D eigenvalue weighted by Crippen LogP contribution is 2.35. The third-order valence-corrected chi connectivity index (χ3v) is 7.66. The number of anilines is 1. The molecule has 0 radical (unpaired) electrons. The topological polar surface area (TPSA) is 71.1 Å². The first-order chi connectivity index (χ1) is 16.5. The summed E-state index contributed by atoms with van der Waals surface area (Å²) in [6.07, 6.45) is 4.38. The zero-order valence-electron chi connectivity index (χ0n) is 18.8. The van der Waals surface area contributed by atoms with Crippen LogP contribution in [0.1, 0.15) is 36.0 Å². The van der Waals surface area contributed by atoms with Crippen molar-refractivity contribution in [1.82, 2.24) is 9.80 Å². The third kappa shape index (κ3) is 4.83. The number of amides is 2. The van der Waals surface area contributed by atoms with E-state index in [4.69, 9.17) is 32.7 Å². The van der Waals surface area contributed by atoms with Crippen molar-refractivity contribution in [3.8, 4) is 11.5 Å². The van der Waals surface area contributed by atoms with Crippen LogP contribution in [0.5, 0.6) is 11.5 Å². The van der Waals surface area contributed by atoms with Crippen LogP contribution < -0.4 is 14.8 Å². The van der Waals surface area contributed by atoms with Gasteiger partial charge >= 0.3 is 0 Å². The van der Waals surface area contributed by atoms with Crippen molar-refractivity contribution in [2.45, 2.75) is 31.7 Å².